The van der Waals surface area contributed by atoms with Crippen LogP contribution in [0.3, 0.4) is 0 Å². The number of carbonyl (C=O) groups excluding carboxylic acids is 1. The molecule has 2 aromatic rings. The topological polar surface area (TPSA) is 92.1 Å². The third-order valence-electron chi connectivity index (χ3n) is 4.40. The number of carbonyl (C=O) groups is 1. The molecule has 3 rings (SSSR count). The highest BCUT2D eigenvalue weighted by Gasteiger charge is 2.35. The predicted molar refractivity (Wildman–Crippen MR) is 91.0 cm³/mol. The van der Waals surface area contributed by atoms with E-state index < -0.39 is 17.9 Å². The van der Waals surface area contributed by atoms with Crippen molar-refractivity contribution in [3.63, 3.8) is 0 Å². The monoisotopic (exact) mass is 327 g/mol. The number of primary amides is 1. The van der Waals surface area contributed by atoms with Crippen molar-refractivity contribution >= 4 is 17.4 Å². The van der Waals surface area contributed by atoms with Gasteiger partial charge in [-0.3, -0.25) is 4.79 Å². The SMILES string of the molecule is CC(=Nc1ccc2c(c1)[C@@H](C(N)=O)[C@H](O)C2)N(C)Cc1ccco1. The van der Waals surface area contributed by atoms with Gasteiger partial charge >= 0.3 is 0 Å². The fraction of sp³-hybridized carbons (Fsp3) is 0.333. The second kappa shape index (κ2) is 6.49. The van der Waals surface area contributed by atoms with E-state index in [4.69, 9.17) is 10.2 Å². The zero-order valence-electron chi connectivity index (χ0n) is 13.8. The number of aliphatic imine (C=N–C) groups is 1. The van der Waals surface area contributed by atoms with Crippen LogP contribution in [0.25, 0.3) is 0 Å². The van der Waals surface area contributed by atoms with Crippen LogP contribution in [0.15, 0.2) is 46.0 Å². The second-order valence-corrected chi connectivity index (χ2v) is 6.13. The number of nitrogens with two attached hydrogens (primary N) is 1. The Kier molecular flexibility index (Phi) is 4.40. The molecule has 0 saturated carbocycles. The summed E-state index contributed by atoms with van der Waals surface area (Å²) >= 11 is 0. The van der Waals surface area contributed by atoms with Gasteiger partial charge in [0.2, 0.25) is 5.91 Å². The minimum atomic E-state index is -0.751. The number of amides is 1. The largest absolute Gasteiger partial charge is 0.467 e. The Hall–Kier alpha value is -2.60. The van der Waals surface area contributed by atoms with Crippen LogP contribution in [0.1, 0.15) is 29.7 Å². The summed E-state index contributed by atoms with van der Waals surface area (Å²) in [4.78, 5) is 18.2. The fourth-order valence-corrected chi connectivity index (χ4v) is 3.04. The third-order valence-corrected chi connectivity index (χ3v) is 4.40. The molecule has 0 saturated heterocycles. The van der Waals surface area contributed by atoms with Crippen LogP contribution >= 0.6 is 0 Å². The van der Waals surface area contributed by atoms with Gasteiger partial charge in [-0.05, 0) is 48.7 Å². The first-order valence-electron chi connectivity index (χ1n) is 7.84. The van der Waals surface area contributed by atoms with Gasteiger partial charge in [0.1, 0.15) is 11.6 Å². The lowest BCUT2D eigenvalue weighted by Crippen LogP contribution is -2.28. The predicted octanol–water partition coefficient (Wildman–Crippen LogP) is 1.95. The van der Waals surface area contributed by atoms with Gasteiger partial charge < -0.3 is 20.2 Å². The average molecular weight is 327 g/mol. The molecule has 0 aliphatic heterocycles. The van der Waals surface area contributed by atoms with Gasteiger partial charge in [0.15, 0.2) is 0 Å². The molecule has 2 atom stereocenters. The lowest BCUT2D eigenvalue weighted by atomic mass is 9.99. The van der Waals surface area contributed by atoms with Crippen molar-refractivity contribution in [2.75, 3.05) is 7.05 Å². The van der Waals surface area contributed by atoms with Crippen molar-refractivity contribution in [1.29, 1.82) is 0 Å². The van der Waals surface area contributed by atoms with Gasteiger partial charge in [0.25, 0.3) is 0 Å². The number of rotatable bonds is 4. The van der Waals surface area contributed by atoms with Gasteiger partial charge in [0.05, 0.1) is 30.5 Å². The molecule has 0 bridgehead atoms. The maximum atomic E-state index is 11.6. The first-order valence-corrected chi connectivity index (χ1v) is 7.84. The van der Waals surface area contributed by atoms with Crippen LogP contribution in [-0.4, -0.2) is 34.9 Å². The fourth-order valence-electron chi connectivity index (χ4n) is 3.04. The Balaban J connectivity index is 1.82. The number of hydrogen-bond donors (Lipinski definition) is 2. The standard InChI is InChI=1S/C18H21N3O3/c1-11(21(2)10-14-4-3-7-24-14)20-13-6-5-12-8-16(22)17(18(19)23)15(12)9-13/h3-7,9,16-17,22H,8,10H2,1-2H3,(H2,19,23)/t16-,17-/m1/s1. The van der Waals surface area contributed by atoms with E-state index in [1.165, 1.54) is 0 Å². The van der Waals surface area contributed by atoms with E-state index in [9.17, 15) is 9.90 Å². The van der Waals surface area contributed by atoms with E-state index in [1.807, 2.05) is 49.2 Å². The summed E-state index contributed by atoms with van der Waals surface area (Å²) in [5, 5.41) is 10.0. The van der Waals surface area contributed by atoms with Crippen LogP contribution in [-0.2, 0) is 17.8 Å². The molecule has 0 spiro atoms. The summed E-state index contributed by atoms with van der Waals surface area (Å²) in [6, 6.07) is 9.40. The molecule has 1 amide bonds. The average Bonchev–Trinajstić information content (AvgIpc) is 3.13. The number of aliphatic hydroxyl groups is 1. The summed E-state index contributed by atoms with van der Waals surface area (Å²) in [6.45, 7) is 2.53. The zero-order chi connectivity index (χ0) is 17.3. The molecule has 3 N–H and O–H groups in total. The Morgan fingerprint density at radius 1 is 1.46 bits per heavy atom. The van der Waals surface area contributed by atoms with Gasteiger partial charge in [-0.2, -0.15) is 0 Å². The summed E-state index contributed by atoms with van der Waals surface area (Å²) in [5.41, 5.74) is 7.89. The van der Waals surface area contributed by atoms with Crippen LogP contribution in [0.2, 0.25) is 0 Å². The van der Waals surface area contributed by atoms with Crippen molar-refractivity contribution in [2.45, 2.75) is 31.9 Å². The molecule has 1 heterocycles. The van der Waals surface area contributed by atoms with Gasteiger partial charge in [-0.25, -0.2) is 4.99 Å². The molecular formula is C18H21N3O3. The van der Waals surface area contributed by atoms with Crippen molar-refractivity contribution in [3.05, 3.63) is 53.5 Å². The second-order valence-electron chi connectivity index (χ2n) is 6.13. The first kappa shape index (κ1) is 16.3. The van der Waals surface area contributed by atoms with Gasteiger partial charge in [-0.1, -0.05) is 6.07 Å². The minimum Gasteiger partial charge on any atom is -0.467 e. The van der Waals surface area contributed by atoms with E-state index in [0.29, 0.717) is 13.0 Å². The molecule has 1 aromatic carbocycles. The van der Waals surface area contributed by atoms with Crippen molar-refractivity contribution in [3.8, 4) is 0 Å². The summed E-state index contributed by atoms with van der Waals surface area (Å²) in [6.07, 6.45) is 1.34. The molecule has 1 aromatic heterocycles. The van der Waals surface area contributed by atoms with Crippen LogP contribution < -0.4 is 5.73 Å². The Bertz CT molecular complexity index is 768. The maximum Gasteiger partial charge on any atom is 0.227 e. The lowest BCUT2D eigenvalue weighted by molar-refractivity contribution is -0.121. The van der Waals surface area contributed by atoms with Crippen molar-refractivity contribution < 1.29 is 14.3 Å². The van der Waals surface area contributed by atoms with Crippen molar-refractivity contribution in [2.24, 2.45) is 10.7 Å². The smallest absolute Gasteiger partial charge is 0.227 e. The van der Waals surface area contributed by atoms with E-state index in [-0.39, 0.29) is 0 Å². The molecule has 126 valence electrons. The number of aliphatic hydroxyl groups excluding tert-OH is 1. The lowest BCUT2D eigenvalue weighted by Gasteiger charge is -2.17. The number of nitrogens with zero attached hydrogens (tertiary/aromatic N) is 2. The Morgan fingerprint density at radius 3 is 2.92 bits per heavy atom. The minimum absolute atomic E-state index is 0.449. The molecule has 0 radical (unpaired) electrons. The molecule has 6 heteroatoms. The quantitative estimate of drug-likeness (QED) is 0.663. The Labute approximate surface area is 140 Å². The van der Waals surface area contributed by atoms with Crippen LogP contribution in [0, 0.1) is 0 Å². The molecule has 6 nitrogen and oxygen atoms in total. The molecule has 0 unspecified atom stereocenters. The summed E-state index contributed by atoms with van der Waals surface area (Å²) in [7, 11) is 1.94. The molecule has 24 heavy (non-hydrogen) atoms. The summed E-state index contributed by atoms with van der Waals surface area (Å²) < 4.78 is 5.34. The Morgan fingerprint density at radius 2 is 2.25 bits per heavy atom. The number of hydrogen-bond acceptors (Lipinski definition) is 4. The normalized spacial score (nSPS) is 20.0. The van der Waals surface area contributed by atoms with Crippen LogP contribution in [0.5, 0.6) is 0 Å². The number of fused-ring (bicyclic) bond motifs is 1. The van der Waals surface area contributed by atoms with Gasteiger partial charge in [-0.15, -0.1) is 0 Å². The van der Waals surface area contributed by atoms with Gasteiger partial charge in [0, 0.05) is 7.05 Å². The molecule has 1 aliphatic carbocycles. The van der Waals surface area contributed by atoms with Crippen LogP contribution in [0.4, 0.5) is 5.69 Å². The molecule has 1 aliphatic rings. The highest BCUT2D eigenvalue weighted by atomic mass is 16.3. The molecular weight excluding hydrogens is 306 g/mol. The first-order chi connectivity index (χ1) is 11.5. The highest BCUT2D eigenvalue weighted by Crippen LogP contribution is 2.35. The number of furan rings is 1. The molecule has 0 fully saturated rings. The zero-order valence-corrected chi connectivity index (χ0v) is 13.8. The highest BCUT2D eigenvalue weighted by molar-refractivity contribution is 5.85. The van der Waals surface area contributed by atoms with E-state index in [1.54, 1.807) is 6.26 Å². The number of amidine groups is 1. The third kappa shape index (κ3) is 3.19. The maximum absolute atomic E-state index is 11.6. The van der Waals surface area contributed by atoms with Crippen molar-refractivity contribution in [1.82, 2.24) is 4.90 Å². The van der Waals surface area contributed by atoms with E-state index >= 15 is 0 Å². The van der Waals surface area contributed by atoms with E-state index in [0.717, 1.165) is 28.4 Å². The van der Waals surface area contributed by atoms with E-state index in [2.05, 4.69) is 4.99 Å². The summed E-state index contributed by atoms with van der Waals surface area (Å²) in [5.74, 6) is 0.517. The number of benzene rings is 1.